The molecule has 0 radical (unpaired) electrons. The quantitative estimate of drug-likeness (QED) is 0.706. The molecular weight excluding hydrogens is 418 g/mol. The third kappa shape index (κ3) is 4.08. The number of hydrogen-bond donors (Lipinski definition) is 0. The summed E-state index contributed by atoms with van der Waals surface area (Å²) in [4.78, 5) is 28.2. The van der Waals surface area contributed by atoms with E-state index in [0.717, 1.165) is 5.56 Å². The first kappa shape index (κ1) is 22.2. The van der Waals surface area contributed by atoms with Gasteiger partial charge in [0.25, 0.3) is 5.91 Å². The third-order valence-electron chi connectivity index (χ3n) is 5.76. The molecule has 0 saturated carbocycles. The fourth-order valence-corrected chi connectivity index (χ4v) is 4.24. The zero-order chi connectivity index (χ0) is 23.3. The van der Waals surface area contributed by atoms with Crippen molar-refractivity contribution in [2.75, 3.05) is 6.54 Å². The second-order valence-corrected chi connectivity index (χ2v) is 9.45. The number of halogens is 2. The van der Waals surface area contributed by atoms with E-state index in [1.807, 2.05) is 25.1 Å². The summed E-state index contributed by atoms with van der Waals surface area (Å²) in [6.45, 7) is 7.43. The lowest BCUT2D eigenvalue weighted by molar-refractivity contribution is -0.159. The molecule has 2 aliphatic rings. The van der Waals surface area contributed by atoms with E-state index in [9.17, 15) is 9.59 Å². The highest BCUT2D eigenvalue weighted by Gasteiger charge is 2.52. The molecule has 32 heavy (non-hydrogen) atoms. The van der Waals surface area contributed by atoms with Crippen molar-refractivity contribution in [3.05, 3.63) is 52.8 Å². The molecule has 0 N–H and O–H groups in total. The van der Waals surface area contributed by atoms with E-state index in [1.54, 1.807) is 32.9 Å². The monoisotopic (exact) mass is 446 g/mol. The Labute approximate surface area is 185 Å². The molecular formula is C23H28F2N4O3. The number of benzene rings is 1. The summed E-state index contributed by atoms with van der Waals surface area (Å²) in [5.74, 6) is -4.99. The van der Waals surface area contributed by atoms with Crippen molar-refractivity contribution in [1.82, 2.24) is 19.6 Å². The van der Waals surface area contributed by atoms with Gasteiger partial charge in [-0.1, -0.05) is 30.3 Å². The number of hydrogen-bond acceptors (Lipinski definition) is 4. The molecule has 1 aromatic carbocycles. The van der Waals surface area contributed by atoms with Crippen molar-refractivity contribution in [2.24, 2.45) is 0 Å². The van der Waals surface area contributed by atoms with Crippen LogP contribution in [0.2, 0.25) is 0 Å². The van der Waals surface area contributed by atoms with Crippen molar-refractivity contribution in [3.8, 4) is 0 Å². The number of aromatic nitrogens is 2. The van der Waals surface area contributed by atoms with Gasteiger partial charge in [0, 0.05) is 31.1 Å². The predicted octanol–water partition coefficient (Wildman–Crippen LogP) is 3.70. The van der Waals surface area contributed by atoms with E-state index in [-0.39, 0.29) is 37.8 Å². The second kappa shape index (κ2) is 7.86. The van der Waals surface area contributed by atoms with Gasteiger partial charge in [0.2, 0.25) is 0 Å². The minimum atomic E-state index is -3.74. The Morgan fingerprint density at radius 2 is 1.91 bits per heavy atom. The van der Waals surface area contributed by atoms with E-state index in [2.05, 4.69) is 5.10 Å². The lowest BCUT2D eigenvalue weighted by atomic mass is 9.97. The highest BCUT2D eigenvalue weighted by molar-refractivity contribution is 5.85. The maximum Gasteiger partial charge on any atom is 0.410 e. The Balaban J connectivity index is 1.64. The largest absolute Gasteiger partial charge is 0.444 e. The molecule has 7 nitrogen and oxygen atoms in total. The average Bonchev–Trinajstić information content (AvgIpc) is 3.03. The van der Waals surface area contributed by atoms with Gasteiger partial charge in [0.15, 0.2) is 0 Å². The number of fused-ring (bicyclic) bond motifs is 3. The van der Waals surface area contributed by atoms with Crippen LogP contribution < -0.4 is 0 Å². The number of nitrogens with zero attached hydrogens (tertiary/aromatic N) is 4. The molecule has 9 heteroatoms. The van der Waals surface area contributed by atoms with Gasteiger partial charge in [-0.05, 0) is 33.3 Å². The van der Waals surface area contributed by atoms with Crippen LogP contribution in [0.15, 0.2) is 30.3 Å². The predicted molar refractivity (Wildman–Crippen MR) is 113 cm³/mol. The number of rotatable bonds is 2. The Hall–Kier alpha value is -2.97. The first-order valence-electron chi connectivity index (χ1n) is 10.8. The van der Waals surface area contributed by atoms with Crippen molar-refractivity contribution < 1.29 is 23.1 Å². The van der Waals surface area contributed by atoms with E-state index in [1.165, 1.54) is 14.5 Å². The molecule has 172 valence electrons. The summed E-state index contributed by atoms with van der Waals surface area (Å²) < 4.78 is 37.8. The molecule has 2 amide bonds. The van der Waals surface area contributed by atoms with Crippen molar-refractivity contribution in [1.29, 1.82) is 0 Å². The zero-order valence-electron chi connectivity index (χ0n) is 18.8. The number of carbonyl (C=O) groups is 2. The molecule has 0 fully saturated rings. The maximum absolute atomic E-state index is 15.5. The number of ether oxygens (including phenoxy) is 1. The number of carbonyl (C=O) groups excluding carboxylic acids is 2. The highest BCUT2D eigenvalue weighted by atomic mass is 19.3. The number of amides is 2. The summed E-state index contributed by atoms with van der Waals surface area (Å²) in [5.41, 5.74) is 0.423. The van der Waals surface area contributed by atoms with Crippen LogP contribution in [0.3, 0.4) is 0 Å². The van der Waals surface area contributed by atoms with Crippen LogP contribution in [0.5, 0.6) is 0 Å². The summed E-state index contributed by atoms with van der Waals surface area (Å²) in [7, 11) is 0. The molecule has 0 aliphatic carbocycles. The molecule has 1 aromatic heterocycles. The molecule has 4 rings (SSSR count). The van der Waals surface area contributed by atoms with Crippen LogP contribution in [-0.4, -0.2) is 49.8 Å². The molecule has 2 aliphatic heterocycles. The second-order valence-electron chi connectivity index (χ2n) is 9.45. The normalized spacial score (nSPS) is 20.4. The summed E-state index contributed by atoms with van der Waals surface area (Å²) in [6.07, 6.45) is -0.239. The van der Waals surface area contributed by atoms with Gasteiger partial charge in [-0.3, -0.25) is 9.48 Å². The van der Waals surface area contributed by atoms with Crippen LogP contribution in [0.25, 0.3) is 0 Å². The van der Waals surface area contributed by atoms with E-state index in [4.69, 9.17) is 4.74 Å². The minimum absolute atomic E-state index is 0.0672. The Morgan fingerprint density at radius 1 is 1.22 bits per heavy atom. The van der Waals surface area contributed by atoms with Crippen molar-refractivity contribution in [3.63, 3.8) is 0 Å². The fraction of sp³-hybridized carbons (Fsp3) is 0.522. The number of alkyl halides is 2. The van der Waals surface area contributed by atoms with Gasteiger partial charge >= 0.3 is 12.0 Å². The Morgan fingerprint density at radius 3 is 2.56 bits per heavy atom. The van der Waals surface area contributed by atoms with Gasteiger partial charge in [0.05, 0.1) is 18.8 Å². The molecule has 0 bridgehead atoms. The molecule has 0 saturated heterocycles. The van der Waals surface area contributed by atoms with Gasteiger partial charge < -0.3 is 14.5 Å². The van der Waals surface area contributed by atoms with Crippen LogP contribution in [0.4, 0.5) is 13.6 Å². The summed E-state index contributed by atoms with van der Waals surface area (Å²) in [5, 5.41) is 4.42. The zero-order valence-corrected chi connectivity index (χ0v) is 18.8. The van der Waals surface area contributed by atoms with Crippen molar-refractivity contribution >= 4 is 12.0 Å². The van der Waals surface area contributed by atoms with Crippen molar-refractivity contribution in [2.45, 2.75) is 71.3 Å². The van der Waals surface area contributed by atoms with E-state index in [0.29, 0.717) is 12.1 Å². The van der Waals surface area contributed by atoms with Crippen LogP contribution in [-0.2, 0) is 41.5 Å². The van der Waals surface area contributed by atoms with Gasteiger partial charge in [-0.25, -0.2) is 4.79 Å². The van der Waals surface area contributed by atoms with Gasteiger partial charge in [-0.2, -0.15) is 13.9 Å². The standard InChI is InChI=1S/C23H28F2N4O3/c1-15-12-18-17(14-28(15)21(31)32-22(2,3)4)19-23(24,25)20(30)27(10-11-29(19)26-18)13-16-8-6-5-7-9-16/h5-9,15H,10-14H2,1-4H3/t15-/m1/s1. The van der Waals surface area contributed by atoms with Crippen LogP contribution >= 0.6 is 0 Å². The molecule has 1 atom stereocenters. The first-order valence-corrected chi connectivity index (χ1v) is 10.8. The lowest BCUT2D eigenvalue weighted by Crippen LogP contribution is -2.46. The smallest absolute Gasteiger partial charge is 0.410 e. The summed E-state index contributed by atoms with van der Waals surface area (Å²) >= 11 is 0. The van der Waals surface area contributed by atoms with E-state index < -0.39 is 29.2 Å². The van der Waals surface area contributed by atoms with E-state index >= 15 is 8.78 Å². The van der Waals surface area contributed by atoms with Gasteiger partial charge in [0.1, 0.15) is 11.3 Å². The maximum atomic E-state index is 15.5. The first-order chi connectivity index (χ1) is 15.0. The van der Waals surface area contributed by atoms with Crippen LogP contribution in [0, 0.1) is 0 Å². The third-order valence-corrected chi connectivity index (χ3v) is 5.76. The topological polar surface area (TPSA) is 67.7 Å². The average molecular weight is 446 g/mol. The van der Waals surface area contributed by atoms with Crippen LogP contribution in [0.1, 0.15) is 50.2 Å². The summed E-state index contributed by atoms with van der Waals surface area (Å²) in [6, 6.07) is 8.80. The SMILES string of the molecule is C[C@@H]1Cc2nn3c(c2CN1C(=O)OC(C)(C)C)C(F)(F)C(=O)N(Cc1ccccc1)CC3. The molecule has 0 spiro atoms. The van der Waals surface area contributed by atoms with Gasteiger partial charge in [-0.15, -0.1) is 0 Å². The minimum Gasteiger partial charge on any atom is -0.444 e. The molecule has 0 unspecified atom stereocenters. The molecule has 3 heterocycles. The lowest BCUT2D eigenvalue weighted by Gasteiger charge is -2.35. The molecule has 2 aromatic rings. The highest BCUT2D eigenvalue weighted by Crippen LogP contribution is 2.39. The Kier molecular flexibility index (Phi) is 5.46. The fourth-order valence-electron chi connectivity index (χ4n) is 4.24. The Bertz CT molecular complexity index is 1030.